The Morgan fingerprint density at radius 3 is 3.13 bits per heavy atom. The van der Waals surface area contributed by atoms with Gasteiger partial charge in [0, 0.05) is 12.6 Å². The van der Waals surface area contributed by atoms with Crippen LogP contribution in [-0.2, 0) is 0 Å². The lowest BCUT2D eigenvalue weighted by Crippen LogP contribution is -2.00. The van der Waals surface area contributed by atoms with Gasteiger partial charge in [0.15, 0.2) is 5.76 Å². The van der Waals surface area contributed by atoms with Gasteiger partial charge in [0.1, 0.15) is 17.8 Å². The van der Waals surface area contributed by atoms with E-state index in [2.05, 4.69) is 21.9 Å². The zero-order valence-corrected chi connectivity index (χ0v) is 8.18. The Kier molecular flexibility index (Phi) is 2.78. The lowest BCUT2D eigenvalue weighted by molar-refractivity contribution is 0.580. The topological polar surface area (TPSA) is 51.0 Å². The molecule has 0 unspecified atom stereocenters. The van der Waals surface area contributed by atoms with Crippen molar-refractivity contribution in [3.63, 3.8) is 0 Å². The Bertz CT molecular complexity index is 437. The first-order chi connectivity index (χ1) is 7.40. The predicted molar refractivity (Wildman–Crippen MR) is 58.4 cm³/mol. The Balaban J connectivity index is 2.23. The molecule has 4 heteroatoms. The zero-order valence-electron chi connectivity index (χ0n) is 8.18. The summed E-state index contributed by atoms with van der Waals surface area (Å²) in [6, 6.07) is 5.52. The van der Waals surface area contributed by atoms with Gasteiger partial charge < -0.3 is 9.73 Å². The van der Waals surface area contributed by atoms with Crippen molar-refractivity contribution in [2.45, 2.75) is 0 Å². The average Bonchev–Trinajstić information content (AvgIpc) is 2.80. The van der Waals surface area contributed by atoms with Crippen LogP contribution in [0.4, 0.5) is 5.82 Å². The van der Waals surface area contributed by atoms with E-state index in [4.69, 9.17) is 4.42 Å². The van der Waals surface area contributed by atoms with Crippen molar-refractivity contribution in [1.82, 2.24) is 9.97 Å². The van der Waals surface area contributed by atoms with Crippen LogP contribution in [0.3, 0.4) is 0 Å². The van der Waals surface area contributed by atoms with Gasteiger partial charge >= 0.3 is 0 Å². The van der Waals surface area contributed by atoms with Crippen LogP contribution in [0, 0.1) is 0 Å². The predicted octanol–water partition coefficient (Wildman–Crippen LogP) is 2.33. The Hall–Kier alpha value is -2.10. The highest BCUT2D eigenvalue weighted by Gasteiger charge is 2.03. The molecule has 0 aliphatic carbocycles. The van der Waals surface area contributed by atoms with E-state index in [0.29, 0.717) is 6.54 Å². The molecule has 1 N–H and O–H groups in total. The lowest BCUT2D eigenvalue weighted by Gasteiger charge is -2.02. The first kappa shape index (κ1) is 9.45. The van der Waals surface area contributed by atoms with Gasteiger partial charge in [0.05, 0.1) is 6.26 Å². The van der Waals surface area contributed by atoms with Crippen LogP contribution in [0.15, 0.2) is 47.9 Å². The van der Waals surface area contributed by atoms with E-state index in [-0.39, 0.29) is 0 Å². The van der Waals surface area contributed by atoms with E-state index < -0.39 is 0 Å². The lowest BCUT2D eigenvalue weighted by atomic mass is 10.3. The normalized spacial score (nSPS) is 9.87. The standard InChI is InChI=1S/C11H11N3O/c1-2-5-12-11-7-9(13-8-14-11)10-4-3-6-15-10/h2-4,6-8H,1,5H2,(H,12,13,14). The second-order valence-corrected chi connectivity index (χ2v) is 2.94. The van der Waals surface area contributed by atoms with Gasteiger partial charge in [-0.2, -0.15) is 0 Å². The zero-order chi connectivity index (χ0) is 10.5. The van der Waals surface area contributed by atoms with E-state index in [0.717, 1.165) is 17.3 Å². The van der Waals surface area contributed by atoms with E-state index >= 15 is 0 Å². The molecule has 2 aromatic heterocycles. The van der Waals surface area contributed by atoms with Crippen molar-refractivity contribution in [1.29, 1.82) is 0 Å². The molecule has 0 fully saturated rings. The number of hydrogen-bond donors (Lipinski definition) is 1. The Morgan fingerprint density at radius 2 is 2.40 bits per heavy atom. The highest BCUT2D eigenvalue weighted by molar-refractivity contribution is 5.56. The van der Waals surface area contributed by atoms with Crippen molar-refractivity contribution < 1.29 is 4.42 Å². The van der Waals surface area contributed by atoms with Gasteiger partial charge in [-0.1, -0.05) is 6.08 Å². The van der Waals surface area contributed by atoms with Crippen molar-refractivity contribution in [2.75, 3.05) is 11.9 Å². The maximum atomic E-state index is 5.24. The summed E-state index contributed by atoms with van der Waals surface area (Å²) in [6.45, 7) is 4.30. The fraction of sp³-hybridized carbons (Fsp3) is 0.0909. The van der Waals surface area contributed by atoms with Gasteiger partial charge in [-0.3, -0.25) is 0 Å². The number of aromatic nitrogens is 2. The monoisotopic (exact) mass is 201 g/mol. The highest BCUT2D eigenvalue weighted by Crippen LogP contribution is 2.18. The summed E-state index contributed by atoms with van der Waals surface area (Å²) in [6.07, 6.45) is 4.90. The molecule has 0 spiro atoms. The molecule has 0 aliphatic heterocycles. The minimum atomic E-state index is 0.675. The molecule has 2 rings (SSSR count). The average molecular weight is 201 g/mol. The van der Waals surface area contributed by atoms with E-state index in [1.165, 1.54) is 6.33 Å². The van der Waals surface area contributed by atoms with Gasteiger partial charge in [0.2, 0.25) is 0 Å². The first-order valence-corrected chi connectivity index (χ1v) is 4.61. The fourth-order valence-electron chi connectivity index (χ4n) is 1.19. The smallest absolute Gasteiger partial charge is 0.152 e. The number of furan rings is 1. The van der Waals surface area contributed by atoms with Crippen molar-refractivity contribution >= 4 is 5.82 Å². The minimum absolute atomic E-state index is 0.675. The summed E-state index contributed by atoms with van der Waals surface area (Å²) in [4.78, 5) is 8.19. The summed E-state index contributed by atoms with van der Waals surface area (Å²) in [5.41, 5.74) is 0.765. The number of nitrogens with zero attached hydrogens (tertiary/aromatic N) is 2. The second-order valence-electron chi connectivity index (χ2n) is 2.94. The third kappa shape index (κ3) is 2.22. The van der Waals surface area contributed by atoms with Crippen LogP contribution in [0.2, 0.25) is 0 Å². The van der Waals surface area contributed by atoms with Crippen LogP contribution in [-0.4, -0.2) is 16.5 Å². The van der Waals surface area contributed by atoms with E-state index in [9.17, 15) is 0 Å². The molecule has 4 nitrogen and oxygen atoms in total. The SMILES string of the molecule is C=CCNc1cc(-c2ccco2)ncn1. The number of rotatable bonds is 4. The summed E-state index contributed by atoms with van der Waals surface area (Å²) < 4.78 is 5.24. The first-order valence-electron chi connectivity index (χ1n) is 4.61. The summed E-state index contributed by atoms with van der Waals surface area (Å²) >= 11 is 0. The molecule has 0 bridgehead atoms. The molecule has 15 heavy (non-hydrogen) atoms. The molecule has 0 saturated carbocycles. The van der Waals surface area contributed by atoms with Gasteiger partial charge in [0.25, 0.3) is 0 Å². The molecule has 0 aromatic carbocycles. The minimum Gasteiger partial charge on any atom is -0.463 e. The molecule has 2 aromatic rings. The molecule has 0 aliphatic rings. The second kappa shape index (κ2) is 4.41. The fourth-order valence-corrected chi connectivity index (χ4v) is 1.19. The van der Waals surface area contributed by atoms with Gasteiger partial charge in [-0.05, 0) is 12.1 Å². The number of hydrogen-bond acceptors (Lipinski definition) is 4. The van der Waals surface area contributed by atoms with Gasteiger partial charge in [-0.15, -0.1) is 6.58 Å². The highest BCUT2D eigenvalue weighted by atomic mass is 16.3. The quantitative estimate of drug-likeness (QED) is 0.771. The number of nitrogens with one attached hydrogen (secondary N) is 1. The van der Waals surface area contributed by atoms with Crippen molar-refractivity contribution in [3.05, 3.63) is 43.4 Å². The van der Waals surface area contributed by atoms with Crippen LogP contribution in [0.1, 0.15) is 0 Å². The summed E-state index contributed by atoms with van der Waals surface area (Å²) in [5.74, 6) is 1.50. The van der Waals surface area contributed by atoms with E-state index in [1.54, 1.807) is 12.3 Å². The number of anilines is 1. The van der Waals surface area contributed by atoms with Crippen LogP contribution in [0.25, 0.3) is 11.5 Å². The largest absolute Gasteiger partial charge is 0.463 e. The van der Waals surface area contributed by atoms with Crippen LogP contribution in [0.5, 0.6) is 0 Å². The molecule has 0 radical (unpaired) electrons. The maximum Gasteiger partial charge on any atom is 0.152 e. The third-order valence-corrected chi connectivity index (χ3v) is 1.87. The Labute approximate surface area is 87.7 Å². The van der Waals surface area contributed by atoms with Crippen molar-refractivity contribution in [2.24, 2.45) is 0 Å². The maximum absolute atomic E-state index is 5.24. The van der Waals surface area contributed by atoms with Gasteiger partial charge in [-0.25, -0.2) is 9.97 Å². The summed E-state index contributed by atoms with van der Waals surface area (Å²) in [7, 11) is 0. The van der Waals surface area contributed by atoms with Crippen molar-refractivity contribution in [3.8, 4) is 11.5 Å². The summed E-state index contributed by atoms with van der Waals surface area (Å²) in [5, 5.41) is 3.09. The molecular formula is C11H11N3O. The van der Waals surface area contributed by atoms with E-state index in [1.807, 2.05) is 18.2 Å². The molecule has 0 saturated heterocycles. The Morgan fingerprint density at radius 1 is 1.47 bits per heavy atom. The molecule has 2 heterocycles. The molecular weight excluding hydrogens is 190 g/mol. The molecule has 0 atom stereocenters. The van der Waals surface area contributed by atoms with Crippen LogP contribution >= 0.6 is 0 Å². The third-order valence-electron chi connectivity index (χ3n) is 1.87. The molecule has 0 amide bonds. The van der Waals surface area contributed by atoms with Crippen LogP contribution < -0.4 is 5.32 Å². The molecule has 76 valence electrons.